The molecule has 0 radical (unpaired) electrons. The summed E-state index contributed by atoms with van der Waals surface area (Å²) in [6.07, 6.45) is 0. The molecule has 2 aromatic rings. The second-order valence-electron chi connectivity index (χ2n) is 5.80. The molecule has 0 aliphatic carbocycles. The maximum atomic E-state index is 11.4. The molecule has 0 fully saturated rings. The summed E-state index contributed by atoms with van der Waals surface area (Å²) in [4.78, 5) is 12.4. The highest BCUT2D eigenvalue weighted by atomic mass is 35.5. The van der Waals surface area contributed by atoms with Crippen LogP contribution in [0.2, 0.25) is 5.02 Å². The molecule has 0 unspecified atom stereocenters. The predicted molar refractivity (Wildman–Crippen MR) is 86.0 cm³/mol. The summed E-state index contributed by atoms with van der Waals surface area (Å²) in [5.74, 6) is 0. The second kappa shape index (κ2) is 6.25. The summed E-state index contributed by atoms with van der Waals surface area (Å²) < 4.78 is 1.47. The third-order valence-corrected chi connectivity index (χ3v) is 4.55. The van der Waals surface area contributed by atoms with E-state index in [1.165, 1.54) is 16.3 Å². The molecule has 0 amide bonds. The number of benzene rings is 1. The molecule has 7 heteroatoms. The van der Waals surface area contributed by atoms with E-state index < -0.39 is 0 Å². The molecule has 0 spiro atoms. The molecule has 5 nitrogen and oxygen atoms in total. The van der Waals surface area contributed by atoms with E-state index in [-0.39, 0.29) is 11.2 Å². The quantitative estimate of drug-likeness (QED) is 0.907. The third kappa shape index (κ3) is 4.12. The van der Waals surface area contributed by atoms with Crippen LogP contribution in [0.1, 0.15) is 26.3 Å². The Kier molecular flexibility index (Phi) is 4.81. The van der Waals surface area contributed by atoms with Crippen molar-refractivity contribution >= 4 is 23.4 Å². The zero-order chi connectivity index (χ0) is 15.6. The summed E-state index contributed by atoms with van der Waals surface area (Å²) in [7, 11) is 1.68. The molecule has 0 saturated carbocycles. The number of H-pyrrole nitrogens is 1. The van der Waals surface area contributed by atoms with E-state index in [2.05, 4.69) is 36.3 Å². The van der Waals surface area contributed by atoms with Crippen molar-refractivity contribution in [2.24, 2.45) is 7.05 Å². The number of halogens is 1. The van der Waals surface area contributed by atoms with Gasteiger partial charge in [0.05, 0.1) is 5.02 Å². The lowest BCUT2D eigenvalue weighted by molar-refractivity contribution is 0.422. The first-order valence-corrected chi connectivity index (χ1v) is 7.79. The van der Waals surface area contributed by atoms with Gasteiger partial charge in [0, 0.05) is 24.0 Å². The average Bonchev–Trinajstić information content (AvgIpc) is 2.70. The van der Waals surface area contributed by atoms with Crippen LogP contribution in [0, 0.1) is 0 Å². The van der Waals surface area contributed by atoms with Crippen LogP contribution >= 0.6 is 23.4 Å². The lowest BCUT2D eigenvalue weighted by Gasteiger charge is -2.21. The largest absolute Gasteiger partial charge is 0.343 e. The molecule has 0 atom stereocenters. The maximum Gasteiger partial charge on any atom is 0.343 e. The van der Waals surface area contributed by atoms with Crippen LogP contribution in [0.25, 0.3) is 0 Å². The number of hydrogen-bond donors (Lipinski definition) is 2. The molecule has 0 aliphatic heterocycles. The highest BCUT2D eigenvalue weighted by Gasteiger charge is 2.15. The smallest absolute Gasteiger partial charge is 0.308 e. The first-order chi connectivity index (χ1) is 9.78. The van der Waals surface area contributed by atoms with Gasteiger partial charge in [-0.1, -0.05) is 23.7 Å². The Balaban J connectivity index is 2.29. The van der Waals surface area contributed by atoms with E-state index in [0.29, 0.717) is 16.7 Å². The fourth-order valence-electron chi connectivity index (χ4n) is 1.68. The van der Waals surface area contributed by atoms with Crippen molar-refractivity contribution in [1.29, 1.82) is 0 Å². The first-order valence-electron chi connectivity index (χ1n) is 6.59. The highest BCUT2D eigenvalue weighted by molar-refractivity contribution is 7.99. The Labute approximate surface area is 133 Å². The van der Waals surface area contributed by atoms with Gasteiger partial charge in [0.25, 0.3) is 0 Å². The Morgan fingerprint density at radius 1 is 1.43 bits per heavy atom. The Hall–Kier alpha value is -1.24. The van der Waals surface area contributed by atoms with Crippen LogP contribution in [0.15, 0.2) is 33.0 Å². The standard InChI is InChI=1S/C14H19ClN4OS/c1-14(2,3)16-8-9-6-5-7-10(15)11(9)21-13-18-17-12(20)19(13)4/h5-7,16H,8H2,1-4H3,(H,17,20). The minimum atomic E-state index is -0.237. The molecule has 1 aromatic carbocycles. The molecule has 0 bridgehead atoms. The van der Waals surface area contributed by atoms with Crippen molar-refractivity contribution < 1.29 is 0 Å². The molecule has 1 aromatic heterocycles. The maximum absolute atomic E-state index is 11.4. The molecular weight excluding hydrogens is 308 g/mol. The minimum absolute atomic E-state index is 0.0173. The van der Waals surface area contributed by atoms with Crippen molar-refractivity contribution in [2.75, 3.05) is 0 Å². The zero-order valence-electron chi connectivity index (χ0n) is 12.5. The highest BCUT2D eigenvalue weighted by Crippen LogP contribution is 2.34. The molecule has 2 N–H and O–H groups in total. The van der Waals surface area contributed by atoms with Gasteiger partial charge in [0.15, 0.2) is 5.16 Å². The number of aromatic nitrogens is 3. The summed E-state index contributed by atoms with van der Waals surface area (Å²) in [6, 6.07) is 5.79. The summed E-state index contributed by atoms with van der Waals surface area (Å²) in [5.41, 5.74) is 0.862. The van der Waals surface area contributed by atoms with E-state index in [4.69, 9.17) is 11.6 Å². The Morgan fingerprint density at radius 2 is 2.14 bits per heavy atom. The van der Waals surface area contributed by atoms with Gasteiger partial charge in [0.2, 0.25) is 0 Å². The van der Waals surface area contributed by atoms with E-state index in [1.807, 2.05) is 18.2 Å². The zero-order valence-corrected chi connectivity index (χ0v) is 14.1. The van der Waals surface area contributed by atoms with E-state index in [0.717, 1.165) is 10.5 Å². The first kappa shape index (κ1) is 16.1. The van der Waals surface area contributed by atoms with Crippen LogP contribution < -0.4 is 11.0 Å². The van der Waals surface area contributed by atoms with Gasteiger partial charge in [0.1, 0.15) is 0 Å². The normalized spacial score (nSPS) is 11.9. The topological polar surface area (TPSA) is 62.7 Å². The Morgan fingerprint density at radius 3 is 2.71 bits per heavy atom. The summed E-state index contributed by atoms with van der Waals surface area (Å²) in [5, 5.41) is 11.1. The number of aromatic amines is 1. The predicted octanol–water partition coefficient (Wildman–Crippen LogP) is 2.80. The minimum Gasteiger partial charge on any atom is -0.308 e. The van der Waals surface area contributed by atoms with Crippen LogP contribution in [-0.4, -0.2) is 20.3 Å². The summed E-state index contributed by atoms with van der Waals surface area (Å²) in [6.45, 7) is 7.04. The van der Waals surface area contributed by atoms with Crippen LogP contribution in [-0.2, 0) is 13.6 Å². The van der Waals surface area contributed by atoms with Crippen molar-refractivity contribution in [3.05, 3.63) is 39.3 Å². The van der Waals surface area contributed by atoms with Crippen LogP contribution in [0.3, 0.4) is 0 Å². The molecule has 1 heterocycles. The van der Waals surface area contributed by atoms with Gasteiger partial charge in [-0.2, -0.15) is 0 Å². The van der Waals surface area contributed by atoms with E-state index in [1.54, 1.807) is 7.05 Å². The van der Waals surface area contributed by atoms with Gasteiger partial charge in [-0.15, -0.1) is 5.10 Å². The van der Waals surface area contributed by atoms with Crippen LogP contribution in [0.4, 0.5) is 0 Å². The number of nitrogens with zero attached hydrogens (tertiary/aromatic N) is 2. The monoisotopic (exact) mass is 326 g/mol. The number of rotatable bonds is 4. The van der Waals surface area contributed by atoms with E-state index in [9.17, 15) is 4.79 Å². The van der Waals surface area contributed by atoms with Crippen molar-refractivity contribution in [2.45, 2.75) is 42.9 Å². The van der Waals surface area contributed by atoms with Gasteiger partial charge in [-0.3, -0.25) is 4.57 Å². The average molecular weight is 327 g/mol. The summed E-state index contributed by atoms with van der Waals surface area (Å²) >= 11 is 7.70. The van der Waals surface area contributed by atoms with Crippen molar-refractivity contribution in [3.63, 3.8) is 0 Å². The molecule has 114 valence electrons. The molecule has 0 saturated heterocycles. The SMILES string of the molecule is Cn1c(Sc2c(Cl)cccc2CNC(C)(C)C)n[nH]c1=O. The number of nitrogens with one attached hydrogen (secondary N) is 2. The van der Waals surface area contributed by atoms with Crippen molar-refractivity contribution in [1.82, 2.24) is 20.1 Å². The third-order valence-electron chi connectivity index (χ3n) is 2.89. The molecule has 2 rings (SSSR count). The second-order valence-corrected chi connectivity index (χ2v) is 7.19. The van der Waals surface area contributed by atoms with Gasteiger partial charge >= 0.3 is 5.69 Å². The lowest BCUT2D eigenvalue weighted by Crippen LogP contribution is -2.35. The van der Waals surface area contributed by atoms with Gasteiger partial charge in [-0.05, 0) is 44.2 Å². The Bertz CT molecular complexity index is 687. The van der Waals surface area contributed by atoms with Gasteiger partial charge in [-0.25, -0.2) is 9.89 Å². The fraction of sp³-hybridized carbons (Fsp3) is 0.429. The number of hydrogen-bond acceptors (Lipinski definition) is 4. The molecule has 21 heavy (non-hydrogen) atoms. The van der Waals surface area contributed by atoms with Gasteiger partial charge < -0.3 is 5.32 Å². The van der Waals surface area contributed by atoms with E-state index >= 15 is 0 Å². The van der Waals surface area contributed by atoms with Crippen molar-refractivity contribution in [3.8, 4) is 0 Å². The fourth-order valence-corrected chi connectivity index (χ4v) is 2.92. The molecule has 0 aliphatic rings. The molecular formula is C14H19ClN4OS. The van der Waals surface area contributed by atoms with Crippen LogP contribution in [0.5, 0.6) is 0 Å². The lowest BCUT2D eigenvalue weighted by atomic mass is 10.1.